The fourth-order valence-electron chi connectivity index (χ4n) is 1.65. The molecule has 0 unspecified atom stereocenters. The molecule has 0 fully saturated rings. The molecule has 0 atom stereocenters. The molecule has 0 aliphatic heterocycles. The number of hydrogen-bond donors (Lipinski definition) is 2. The summed E-state index contributed by atoms with van der Waals surface area (Å²) < 4.78 is 0. The van der Waals surface area contributed by atoms with Gasteiger partial charge in [0.25, 0.3) is 0 Å². The summed E-state index contributed by atoms with van der Waals surface area (Å²) in [5.74, 6) is 0.0907. The van der Waals surface area contributed by atoms with Gasteiger partial charge >= 0.3 is 6.03 Å². The van der Waals surface area contributed by atoms with Gasteiger partial charge in [-0.25, -0.2) is 4.79 Å². The van der Waals surface area contributed by atoms with Crippen molar-refractivity contribution in [3.63, 3.8) is 0 Å². The Morgan fingerprint density at radius 2 is 1.80 bits per heavy atom. The molecule has 2 aromatic carbocycles. The van der Waals surface area contributed by atoms with Crippen LogP contribution in [0.1, 0.15) is 0 Å². The summed E-state index contributed by atoms with van der Waals surface area (Å²) >= 11 is 11.7. The third-order valence-corrected chi connectivity index (χ3v) is 3.07. The Morgan fingerprint density at radius 3 is 2.40 bits per heavy atom. The largest absolute Gasteiger partial charge is 0.508 e. The lowest BCUT2D eigenvalue weighted by molar-refractivity contribution is 0.258. The Bertz CT molecular complexity index is 627. The van der Waals surface area contributed by atoms with Crippen molar-refractivity contribution in [3.05, 3.63) is 52.5 Å². The van der Waals surface area contributed by atoms with Gasteiger partial charge in [-0.2, -0.15) is 0 Å². The summed E-state index contributed by atoms with van der Waals surface area (Å²) in [4.78, 5) is 13.5. The maximum absolute atomic E-state index is 12.1. The van der Waals surface area contributed by atoms with E-state index in [0.29, 0.717) is 21.4 Å². The van der Waals surface area contributed by atoms with Gasteiger partial charge in [0, 0.05) is 34.5 Å². The minimum atomic E-state index is -0.367. The number of anilines is 2. The van der Waals surface area contributed by atoms with Crippen molar-refractivity contribution in [1.29, 1.82) is 0 Å². The number of benzene rings is 2. The Labute approximate surface area is 126 Å². The van der Waals surface area contributed by atoms with Crippen LogP contribution in [0.15, 0.2) is 42.5 Å². The minimum absolute atomic E-state index is 0.0907. The van der Waals surface area contributed by atoms with Crippen LogP contribution in [0.3, 0.4) is 0 Å². The van der Waals surface area contributed by atoms with Crippen LogP contribution in [0.2, 0.25) is 10.0 Å². The molecule has 0 spiro atoms. The smallest absolute Gasteiger partial charge is 0.326 e. The van der Waals surface area contributed by atoms with Crippen LogP contribution in [-0.2, 0) is 0 Å². The summed E-state index contributed by atoms with van der Waals surface area (Å²) in [7, 11) is 1.59. The summed E-state index contributed by atoms with van der Waals surface area (Å²) in [6.45, 7) is 0. The van der Waals surface area contributed by atoms with Crippen LogP contribution >= 0.6 is 23.2 Å². The number of urea groups is 1. The monoisotopic (exact) mass is 310 g/mol. The SMILES string of the molecule is CN(C(=O)Nc1cc(Cl)cc(Cl)c1)c1cccc(O)c1. The first kappa shape index (κ1) is 14.5. The maximum Gasteiger partial charge on any atom is 0.326 e. The van der Waals surface area contributed by atoms with E-state index in [4.69, 9.17) is 23.2 Å². The molecule has 2 amide bonds. The fourth-order valence-corrected chi connectivity index (χ4v) is 2.18. The van der Waals surface area contributed by atoms with E-state index in [1.54, 1.807) is 37.4 Å². The average molecular weight is 311 g/mol. The van der Waals surface area contributed by atoms with Crippen LogP contribution in [-0.4, -0.2) is 18.2 Å². The number of nitrogens with one attached hydrogen (secondary N) is 1. The van der Waals surface area contributed by atoms with Crippen LogP contribution < -0.4 is 10.2 Å². The van der Waals surface area contributed by atoms with Gasteiger partial charge in [0.15, 0.2) is 0 Å². The standard InChI is InChI=1S/C14H12Cl2N2O2/c1-18(12-3-2-4-13(19)8-12)14(20)17-11-6-9(15)5-10(16)7-11/h2-8,19H,1H3,(H,17,20). The van der Waals surface area contributed by atoms with Gasteiger partial charge in [0.05, 0.1) is 0 Å². The second-order valence-corrected chi connectivity index (χ2v) is 5.04. The number of halogens is 2. The first-order chi connectivity index (χ1) is 9.45. The second kappa shape index (κ2) is 6.03. The first-order valence-electron chi connectivity index (χ1n) is 5.75. The predicted molar refractivity (Wildman–Crippen MR) is 82.0 cm³/mol. The van der Waals surface area contributed by atoms with E-state index in [0.717, 1.165) is 0 Å². The zero-order valence-electron chi connectivity index (χ0n) is 10.6. The Hall–Kier alpha value is -1.91. The molecule has 4 nitrogen and oxygen atoms in total. The Balaban J connectivity index is 2.15. The van der Waals surface area contributed by atoms with E-state index < -0.39 is 0 Å². The van der Waals surface area contributed by atoms with Crippen LogP contribution in [0.5, 0.6) is 5.75 Å². The summed E-state index contributed by atoms with van der Waals surface area (Å²) in [5, 5.41) is 13.0. The third-order valence-electron chi connectivity index (χ3n) is 2.64. The lowest BCUT2D eigenvalue weighted by atomic mass is 10.3. The zero-order valence-corrected chi connectivity index (χ0v) is 12.1. The van der Waals surface area contributed by atoms with Gasteiger partial charge in [-0.3, -0.25) is 4.90 Å². The number of rotatable bonds is 2. The van der Waals surface area contributed by atoms with Crippen molar-refractivity contribution < 1.29 is 9.90 Å². The van der Waals surface area contributed by atoms with Crippen LogP contribution in [0, 0.1) is 0 Å². The number of carbonyl (C=O) groups excluding carboxylic acids is 1. The molecule has 6 heteroatoms. The molecule has 2 aromatic rings. The number of phenolic OH excluding ortho intramolecular Hbond substituents is 1. The number of hydrogen-bond acceptors (Lipinski definition) is 2. The molecular weight excluding hydrogens is 299 g/mol. The highest BCUT2D eigenvalue weighted by Gasteiger charge is 2.12. The first-order valence-corrected chi connectivity index (χ1v) is 6.51. The normalized spacial score (nSPS) is 10.2. The van der Waals surface area contributed by atoms with E-state index in [2.05, 4.69) is 5.32 Å². The number of phenols is 1. The molecule has 2 rings (SSSR count). The van der Waals surface area contributed by atoms with Gasteiger partial charge in [0.1, 0.15) is 5.75 Å². The van der Waals surface area contributed by atoms with Crippen molar-refractivity contribution in [1.82, 2.24) is 0 Å². The zero-order chi connectivity index (χ0) is 14.7. The third kappa shape index (κ3) is 3.56. The van der Waals surface area contributed by atoms with Gasteiger partial charge in [-0.1, -0.05) is 29.3 Å². The highest BCUT2D eigenvalue weighted by molar-refractivity contribution is 6.35. The van der Waals surface area contributed by atoms with Crippen molar-refractivity contribution in [2.24, 2.45) is 0 Å². The molecule has 0 aliphatic rings. The van der Waals surface area contributed by atoms with Gasteiger partial charge in [0.2, 0.25) is 0 Å². The lowest BCUT2D eigenvalue weighted by Gasteiger charge is -2.18. The minimum Gasteiger partial charge on any atom is -0.508 e. The predicted octanol–water partition coefficient (Wildman–Crippen LogP) is 4.37. The molecular formula is C14H12Cl2N2O2. The summed E-state index contributed by atoms with van der Waals surface area (Å²) in [6.07, 6.45) is 0. The molecule has 20 heavy (non-hydrogen) atoms. The van der Waals surface area contributed by atoms with E-state index in [9.17, 15) is 9.90 Å². The molecule has 0 aromatic heterocycles. The van der Waals surface area contributed by atoms with Gasteiger partial charge in [-0.05, 0) is 30.3 Å². The van der Waals surface area contributed by atoms with Crippen molar-refractivity contribution >= 4 is 40.6 Å². The molecule has 0 saturated heterocycles. The summed E-state index contributed by atoms with van der Waals surface area (Å²) in [6, 6.07) is 10.8. The van der Waals surface area contributed by atoms with Crippen molar-refractivity contribution in [3.8, 4) is 5.75 Å². The average Bonchev–Trinajstić information content (AvgIpc) is 2.36. The molecule has 0 saturated carbocycles. The maximum atomic E-state index is 12.1. The van der Waals surface area contributed by atoms with Crippen LogP contribution in [0.25, 0.3) is 0 Å². The quantitative estimate of drug-likeness (QED) is 0.865. The fraction of sp³-hybridized carbons (Fsp3) is 0.0714. The molecule has 0 bridgehead atoms. The number of aromatic hydroxyl groups is 1. The van der Waals surface area contributed by atoms with E-state index in [-0.39, 0.29) is 11.8 Å². The number of carbonyl (C=O) groups is 1. The van der Waals surface area contributed by atoms with E-state index in [1.807, 2.05) is 0 Å². The van der Waals surface area contributed by atoms with E-state index in [1.165, 1.54) is 17.0 Å². The highest BCUT2D eigenvalue weighted by atomic mass is 35.5. The number of nitrogens with zero attached hydrogens (tertiary/aromatic N) is 1. The molecule has 104 valence electrons. The lowest BCUT2D eigenvalue weighted by Crippen LogP contribution is -2.31. The summed E-state index contributed by atoms with van der Waals surface area (Å²) in [5.41, 5.74) is 1.06. The van der Waals surface area contributed by atoms with Crippen molar-refractivity contribution in [2.45, 2.75) is 0 Å². The van der Waals surface area contributed by atoms with Gasteiger partial charge < -0.3 is 10.4 Å². The topological polar surface area (TPSA) is 52.6 Å². The molecule has 0 heterocycles. The second-order valence-electron chi connectivity index (χ2n) is 4.17. The van der Waals surface area contributed by atoms with Gasteiger partial charge in [-0.15, -0.1) is 0 Å². The molecule has 2 N–H and O–H groups in total. The van der Waals surface area contributed by atoms with Crippen LogP contribution in [0.4, 0.5) is 16.2 Å². The Kier molecular flexibility index (Phi) is 4.37. The number of amides is 2. The molecule has 0 aliphatic carbocycles. The highest BCUT2D eigenvalue weighted by Crippen LogP contribution is 2.24. The Morgan fingerprint density at radius 1 is 1.15 bits per heavy atom. The van der Waals surface area contributed by atoms with Crippen molar-refractivity contribution in [2.75, 3.05) is 17.3 Å². The molecule has 0 radical (unpaired) electrons. The van der Waals surface area contributed by atoms with E-state index >= 15 is 0 Å².